The fourth-order valence-electron chi connectivity index (χ4n) is 1.21. The van der Waals surface area contributed by atoms with E-state index in [1.807, 2.05) is 19.1 Å². The summed E-state index contributed by atoms with van der Waals surface area (Å²) in [6.07, 6.45) is 1.47. The molecule has 1 N–H and O–H groups in total. The fraction of sp³-hybridized carbons (Fsp3) is 0.231. The number of hydrogen-bond acceptors (Lipinski definition) is 3. The molecule has 1 amide bonds. The third-order valence-corrected chi connectivity index (χ3v) is 2.55. The first-order valence-corrected chi connectivity index (χ1v) is 6.21. The van der Waals surface area contributed by atoms with E-state index in [0.29, 0.717) is 12.3 Å². The van der Waals surface area contributed by atoms with Crippen LogP contribution in [-0.4, -0.2) is 19.1 Å². The zero-order valence-electron chi connectivity index (χ0n) is 9.94. The van der Waals surface area contributed by atoms with Crippen molar-refractivity contribution in [3.63, 3.8) is 0 Å². The number of ether oxygens (including phenoxy) is 1. The van der Waals surface area contributed by atoms with Gasteiger partial charge in [0.2, 0.25) is 0 Å². The number of amides is 1. The SMILES string of the molecule is CCOCC=C(C#N)C(=O)Nc1cccc(Br)c1. The highest BCUT2D eigenvalue weighted by molar-refractivity contribution is 9.10. The zero-order valence-corrected chi connectivity index (χ0v) is 11.5. The van der Waals surface area contributed by atoms with Crippen LogP contribution in [0.2, 0.25) is 0 Å². The number of carbonyl (C=O) groups is 1. The van der Waals surface area contributed by atoms with Gasteiger partial charge >= 0.3 is 0 Å². The molecule has 0 aliphatic heterocycles. The lowest BCUT2D eigenvalue weighted by Crippen LogP contribution is -2.14. The molecule has 18 heavy (non-hydrogen) atoms. The normalized spacial score (nSPS) is 10.8. The molecular formula is C13H13BrN2O2. The Hall–Kier alpha value is -1.64. The lowest BCUT2D eigenvalue weighted by molar-refractivity contribution is -0.112. The van der Waals surface area contributed by atoms with E-state index in [2.05, 4.69) is 21.2 Å². The van der Waals surface area contributed by atoms with Gasteiger partial charge in [-0.3, -0.25) is 4.79 Å². The number of carbonyl (C=O) groups excluding carboxylic acids is 1. The van der Waals surface area contributed by atoms with Crippen LogP contribution in [0.1, 0.15) is 6.92 Å². The van der Waals surface area contributed by atoms with E-state index in [1.165, 1.54) is 6.08 Å². The molecule has 0 saturated heterocycles. The van der Waals surface area contributed by atoms with Gasteiger partial charge in [-0.05, 0) is 31.2 Å². The molecule has 0 bridgehead atoms. The first-order valence-electron chi connectivity index (χ1n) is 5.42. The molecule has 1 rings (SSSR count). The van der Waals surface area contributed by atoms with E-state index in [-0.39, 0.29) is 12.2 Å². The molecule has 0 aliphatic rings. The fourth-order valence-corrected chi connectivity index (χ4v) is 1.61. The highest BCUT2D eigenvalue weighted by Crippen LogP contribution is 2.16. The molecule has 4 nitrogen and oxygen atoms in total. The first-order chi connectivity index (χ1) is 8.67. The minimum absolute atomic E-state index is 0.0448. The Morgan fingerprint density at radius 1 is 1.61 bits per heavy atom. The molecular weight excluding hydrogens is 296 g/mol. The van der Waals surface area contributed by atoms with Crippen LogP contribution in [0.5, 0.6) is 0 Å². The Morgan fingerprint density at radius 3 is 3.00 bits per heavy atom. The van der Waals surface area contributed by atoms with E-state index in [1.54, 1.807) is 18.2 Å². The zero-order chi connectivity index (χ0) is 13.4. The van der Waals surface area contributed by atoms with Crippen molar-refractivity contribution in [1.82, 2.24) is 0 Å². The maximum atomic E-state index is 11.8. The summed E-state index contributed by atoms with van der Waals surface area (Å²) >= 11 is 3.31. The van der Waals surface area contributed by atoms with Crippen molar-refractivity contribution in [2.75, 3.05) is 18.5 Å². The summed E-state index contributed by atoms with van der Waals surface area (Å²) < 4.78 is 5.93. The van der Waals surface area contributed by atoms with E-state index in [0.717, 1.165) is 4.47 Å². The summed E-state index contributed by atoms with van der Waals surface area (Å²) in [5, 5.41) is 11.5. The summed E-state index contributed by atoms with van der Waals surface area (Å²) in [6, 6.07) is 9.02. The van der Waals surface area contributed by atoms with Crippen LogP contribution in [0.15, 0.2) is 40.4 Å². The predicted octanol–water partition coefficient (Wildman–Crippen LogP) is 2.87. The third kappa shape index (κ3) is 4.70. The predicted molar refractivity (Wildman–Crippen MR) is 73.0 cm³/mol. The largest absolute Gasteiger partial charge is 0.378 e. The van der Waals surface area contributed by atoms with Gasteiger partial charge in [0.15, 0.2) is 0 Å². The molecule has 0 atom stereocenters. The van der Waals surface area contributed by atoms with Crippen molar-refractivity contribution in [2.24, 2.45) is 0 Å². The highest BCUT2D eigenvalue weighted by Gasteiger charge is 2.08. The number of nitrogens with one attached hydrogen (secondary N) is 1. The van der Waals surface area contributed by atoms with Gasteiger partial charge in [0.1, 0.15) is 11.6 Å². The number of nitriles is 1. The number of hydrogen-bond donors (Lipinski definition) is 1. The summed E-state index contributed by atoms with van der Waals surface area (Å²) in [5.74, 6) is -0.435. The lowest BCUT2D eigenvalue weighted by atomic mass is 10.2. The molecule has 0 aromatic heterocycles. The van der Waals surface area contributed by atoms with E-state index in [4.69, 9.17) is 10.00 Å². The van der Waals surface area contributed by atoms with Crippen LogP contribution in [-0.2, 0) is 9.53 Å². The van der Waals surface area contributed by atoms with E-state index >= 15 is 0 Å². The maximum Gasteiger partial charge on any atom is 0.266 e. The Morgan fingerprint density at radius 2 is 2.39 bits per heavy atom. The van der Waals surface area contributed by atoms with Crippen molar-refractivity contribution in [2.45, 2.75) is 6.92 Å². The summed E-state index contributed by atoms with van der Waals surface area (Å²) in [7, 11) is 0. The van der Waals surface area contributed by atoms with E-state index in [9.17, 15) is 4.79 Å². The van der Waals surface area contributed by atoms with Gasteiger partial charge in [-0.2, -0.15) is 5.26 Å². The van der Waals surface area contributed by atoms with Crippen molar-refractivity contribution in [3.8, 4) is 6.07 Å². The molecule has 94 valence electrons. The quantitative estimate of drug-likeness (QED) is 0.517. The van der Waals surface area contributed by atoms with Crippen LogP contribution in [0.25, 0.3) is 0 Å². The molecule has 0 heterocycles. The Bertz CT molecular complexity index is 492. The molecule has 0 saturated carbocycles. The first kappa shape index (κ1) is 14.4. The van der Waals surface area contributed by atoms with Gasteiger partial charge < -0.3 is 10.1 Å². The van der Waals surface area contributed by atoms with Crippen molar-refractivity contribution < 1.29 is 9.53 Å². The minimum Gasteiger partial charge on any atom is -0.378 e. The summed E-state index contributed by atoms with van der Waals surface area (Å²) in [5.41, 5.74) is 0.676. The van der Waals surface area contributed by atoms with Gasteiger partial charge in [-0.1, -0.05) is 22.0 Å². The highest BCUT2D eigenvalue weighted by atomic mass is 79.9. The summed E-state index contributed by atoms with van der Waals surface area (Å²) in [4.78, 5) is 11.8. The standard InChI is InChI=1S/C13H13BrN2O2/c1-2-18-7-6-10(9-15)13(17)16-12-5-3-4-11(14)8-12/h3-6,8H,2,7H2,1H3,(H,16,17). The number of benzene rings is 1. The van der Waals surface area contributed by atoms with Gasteiger partial charge in [0.25, 0.3) is 5.91 Å². The van der Waals surface area contributed by atoms with Crippen LogP contribution >= 0.6 is 15.9 Å². The van der Waals surface area contributed by atoms with Crippen LogP contribution < -0.4 is 5.32 Å². The van der Waals surface area contributed by atoms with Gasteiger partial charge in [-0.25, -0.2) is 0 Å². The molecule has 0 spiro atoms. The Balaban J connectivity index is 2.69. The lowest BCUT2D eigenvalue weighted by Gasteiger charge is -2.04. The minimum atomic E-state index is -0.435. The third-order valence-electron chi connectivity index (χ3n) is 2.06. The second kappa shape index (κ2) is 7.64. The average Bonchev–Trinajstić information content (AvgIpc) is 2.34. The number of nitrogens with zero attached hydrogens (tertiary/aromatic N) is 1. The number of rotatable bonds is 5. The smallest absolute Gasteiger partial charge is 0.266 e. The topological polar surface area (TPSA) is 62.1 Å². The second-order valence-electron chi connectivity index (χ2n) is 3.35. The molecule has 0 fully saturated rings. The molecule has 1 aromatic carbocycles. The second-order valence-corrected chi connectivity index (χ2v) is 4.27. The van der Waals surface area contributed by atoms with Gasteiger partial charge in [-0.15, -0.1) is 0 Å². The Labute approximate surface area is 114 Å². The summed E-state index contributed by atoms with van der Waals surface area (Å²) in [6.45, 7) is 2.65. The molecule has 0 unspecified atom stereocenters. The Kier molecular flexibility index (Phi) is 6.12. The van der Waals surface area contributed by atoms with Gasteiger partial charge in [0, 0.05) is 16.8 Å². The van der Waals surface area contributed by atoms with Crippen molar-refractivity contribution in [1.29, 1.82) is 5.26 Å². The monoisotopic (exact) mass is 308 g/mol. The molecule has 0 aliphatic carbocycles. The molecule has 5 heteroatoms. The van der Waals surface area contributed by atoms with Crippen molar-refractivity contribution >= 4 is 27.5 Å². The molecule has 1 aromatic rings. The number of anilines is 1. The number of halogens is 1. The van der Waals surface area contributed by atoms with Gasteiger partial charge in [0.05, 0.1) is 6.61 Å². The molecule has 0 radical (unpaired) electrons. The maximum absolute atomic E-state index is 11.8. The van der Waals surface area contributed by atoms with Crippen LogP contribution in [0.3, 0.4) is 0 Å². The van der Waals surface area contributed by atoms with Crippen LogP contribution in [0, 0.1) is 11.3 Å². The van der Waals surface area contributed by atoms with E-state index < -0.39 is 5.91 Å². The van der Waals surface area contributed by atoms with Crippen LogP contribution in [0.4, 0.5) is 5.69 Å². The average molecular weight is 309 g/mol. The van der Waals surface area contributed by atoms with Crippen molar-refractivity contribution in [3.05, 3.63) is 40.4 Å².